The molecule has 6 nitrogen and oxygen atoms in total. The first-order valence-corrected chi connectivity index (χ1v) is 9.77. The van der Waals surface area contributed by atoms with Gasteiger partial charge in [0.05, 0.1) is 19.8 Å². The second-order valence-corrected chi connectivity index (χ2v) is 7.43. The Morgan fingerprint density at radius 3 is 1.65 bits per heavy atom. The lowest BCUT2D eigenvalue weighted by Gasteiger charge is -2.35. The van der Waals surface area contributed by atoms with E-state index in [-0.39, 0.29) is 17.9 Å². The predicted octanol–water partition coefficient (Wildman–Crippen LogP) is 3.66. The normalized spacial score (nSPS) is 22.5. The van der Waals surface area contributed by atoms with Gasteiger partial charge in [0, 0.05) is 20.8 Å². The number of rotatable bonds is 11. The van der Waals surface area contributed by atoms with Crippen LogP contribution in [-0.2, 0) is 28.6 Å². The number of ether oxygens (including phenoxy) is 3. The molecule has 1 saturated carbocycles. The summed E-state index contributed by atoms with van der Waals surface area (Å²) in [5.74, 6) is 0.924. The van der Waals surface area contributed by atoms with E-state index < -0.39 is 0 Å². The van der Waals surface area contributed by atoms with Crippen LogP contribution in [0.3, 0.4) is 0 Å². The molecule has 1 fully saturated rings. The molecule has 0 bridgehead atoms. The van der Waals surface area contributed by atoms with Gasteiger partial charge in [0.2, 0.25) is 0 Å². The zero-order chi connectivity index (χ0) is 19.4. The molecule has 150 valence electrons. The van der Waals surface area contributed by atoms with Crippen molar-refractivity contribution in [3.63, 3.8) is 0 Å². The summed E-state index contributed by atoms with van der Waals surface area (Å²) in [6.07, 6.45) is 8.28. The van der Waals surface area contributed by atoms with E-state index in [1.807, 2.05) is 0 Å². The maximum atomic E-state index is 11.1. The molecule has 6 heteroatoms. The van der Waals surface area contributed by atoms with Crippen LogP contribution in [0, 0.1) is 17.8 Å². The summed E-state index contributed by atoms with van der Waals surface area (Å²) in [5, 5.41) is 0. The molecule has 0 aromatic heterocycles. The van der Waals surface area contributed by atoms with E-state index in [2.05, 4.69) is 0 Å². The number of carbonyl (C=O) groups excluding carboxylic acids is 3. The molecule has 0 heterocycles. The van der Waals surface area contributed by atoms with Gasteiger partial charge < -0.3 is 14.2 Å². The number of carbonyl (C=O) groups is 3. The fourth-order valence-corrected chi connectivity index (χ4v) is 3.88. The second kappa shape index (κ2) is 12.7. The highest BCUT2D eigenvalue weighted by molar-refractivity contribution is 5.66. The summed E-state index contributed by atoms with van der Waals surface area (Å²) >= 11 is 0. The first-order chi connectivity index (χ1) is 12.4. The summed E-state index contributed by atoms with van der Waals surface area (Å²) in [4.78, 5) is 32.8. The van der Waals surface area contributed by atoms with Crippen molar-refractivity contribution >= 4 is 17.9 Å². The van der Waals surface area contributed by atoms with Crippen LogP contribution >= 0.6 is 0 Å². The fourth-order valence-electron chi connectivity index (χ4n) is 3.88. The minimum atomic E-state index is -0.230. The van der Waals surface area contributed by atoms with E-state index in [9.17, 15) is 14.4 Å². The smallest absolute Gasteiger partial charge is 0.302 e. The van der Waals surface area contributed by atoms with E-state index in [0.29, 0.717) is 37.6 Å². The van der Waals surface area contributed by atoms with Gasteiger partial charge in [-0.3, -0.25) is 14.4 Å². The van der Waals surface area contributed by atoms with Crippen LogP contribution in [0.1, 0.15) is 72.1 Å². The van der Waals surface area contributed by atoms with Gasteiger partial charge in [-0.2, -0.15) is 0 Å². The summed E-state index contributed by atoms with van der Waals surface area (Å²) in [5.41, 5.74) is 0. The van der Waals surface area contributed by atoms with Gasteiger partial charge in [-0.1, -0.05) is 6.42 Å². The third-order valence-electron chi connectivity index (χ3n) is 4.90. The van der Waals surface area contributed by atoms with Crippen molar-refractivity contribution in [2.24, 2.45) is 17.8 Å². The number of unbranched alkanes of at least 4 members (excludes halogenated alkanes) is 1. The zero-order valence-corrected chi connectivity index (χ0v) is 16.5. The Morgan fingerprint density at radius 2 is 1.12 bits per heavy atom. The molecule has 0 aliphatic heterocycles. The van der Waals surface area contributed by atoms with Crippen molar-refractivity contribution in [2.45, 2.75) is 72.1 Å². The monoisotopic (exact) mass is 370 g/mol. The molecule has 0 saturated heterocycles. The quantitative estimate of drug-likeness (QED) is 0.314. The minimum Gasteiger partial charge on any atom is -0.466 e. The molecule has 26 heavy (non-hydrogen) atoms. The van der Waals surface area contributed by atoms with Crippen LogP contribution in [0.4, 0.5) is 0 Å². The topological polar surface area (TPSA) is 78.9 Å². The van der Waals surface area contributed by atoms with Crippen LogP contribution in [-0.4, -0.2) is 37.7 Å². The first kappa shape index (κ1) is 22.5. The molecule has 0 unspecified atom stereocenters. The van der Waals surface area contributed by atoms with E-state index >= 15 is 0 Å². The van der Waals surface area contributed by atoms with Crippen molar-refractivity contribution in [3.8, 4) is 0 Å². The lowest BCUT2D eigenvalue weighted by atomic mass is 9.72. The van der Waals surface area contributed by atoms with Crippen molar-refractivity contribution in [2.75, 3.05) is 19.8 Å². The second-order valence-electron chi connectivity index (χ2n) is 7.43. The highest BCUT2D eigenvalue weighted by Gasteiger charge is 2.29. The summed E-state index contributed by atoms with van der Waals surface area (Å²) < 4.78 is 15.3. The SMILES string of the molecule is CC(=O)OCCCC[C@@H]1C[C@H](CCCOC(C)=O)C[C@H](COC(C)=O)C1. The van der Waals surface area contributed by atoms with Gasteiger partial charge in [-0.15, -0.1) is 0 Å². The van der Waals surface area contributed by atoms with Crippen molar-refractivity contribution in [1.82, 2.24) is 0 Å². The fraction of sp³-hybridized carbons (Fsp3) is 0.850. The Kier molecular flexibility index (Phi) is 11.0. The number of esters is 3. The zero-order valence-electron chi connectivity index (χ0n) is 16.5. The molecule has 0 amide bonds. The maximum absolute atomic E-state index is 11.1. The highest BCUT2D eigenvalue weighted by atomic mass is 16.5. The van der Waals surface area contributed by atoms with E-state index in [1.165, 1.54) is 27.2 Å². The predicted molar refractivity (Wildman–Crippen MR) is 97.3 cm³/mol. The largest absolute Gasteiger partial charge is 0.466 e. The van der Waals surface area contributed by atoms with Gasteiger partial charge in [-0.25, -0.2) is 0 Å². The average molecular weight is 370 g/mol. The Labute approximate surface area is 156 Å². The first-order valence-electron chi connectivity index (χ1n) is 9.77. The van der Waals surface area contributed by atoms with Gasteiger partial charge >= 0.3 is 17.9 Å². The van der Waals surface area contributed by atoms with E-state index in [4.69, 9.17) is 14.2 Å². The molecule has 1 aliphatic rings. The average Bonchev–Trinajstić information content (AvgIpc) is 2.56. The Bertz CT molecular complexity index is 448. The standard InChI is InChI=1S/C20H34O6/c1-15(21)24-9-5-4-7-18-11-19(8-6-10-25-16(2)22)13-20(12-18)14-26-17(3)23/h18-20H,4-14H2,1-3H3/t18-,19+,20-/m1/s1. The van der Waals surface area contributed by atoms with Gasteiger partial charge in [0.15, 0.2) is 0 Å². The lowest BCUT2D eigenvalue weighted by Crippen LogP contribution is -2.27. The van der Waals surface area contributed by atoms with Gasteiger partial charge in [0.1, 0.15) is 0 Å². The lowest BCUT2D eigenvalue weighted by molar-refractivity contribution is -0.143. The van der Waals surface area contributed by atoms with Gasteiger partial charge in [0.25, 0.3) is 0 Å². The number of hydrogen-bond acceptors (Lipinski definition) is 6. The summed E-state index contributed by atoms with van der Waals surface area (Å²) in [6.45, 7) is 5.78. The summed E-state index contributed by atoms with van der Waals surface area (Å²) in [7, 11) is 0. The van der Waals surface area contributed by atoms with Crippen LogP contribution in [0.25, 0.3) is 0 Å². The Morgan fingerprint density at radius 1 is 0.654 bits per heavy atom. The van der Waals surface area contributed by atoms with Gasteiger partial charge in [-0.05, 0) is 62.7 Å². The van der Waals surface area contributed by atoms with Crippen LogP contribution in [0.2, 0.25) is 0 Å². The van der Waals surface area contributed by atoms with E-state index in [1.54, 1.807) is 0 Å². The Balaban J connectivity index is 2.38. The van der Waals surface area contributed by atoms with Crippen molar-refractivity contribution in [3.05, 3.63) is 0 Å². The molecule has 0 spiro atoms. The molecule has 0 radical (unpaired) electrons. The number of hydrogen-bond donors (Lipinski definition) is 0. The molecule has 1 rings (SSSR count). The molecule has 0 N–H and O–H groups in total. The third kappa shape index (κ3) is 11.1. The molecule has 0 aromatic carbocycles. The molecule has 3 atom stereocenters. The third-order valence-corrected chi connectivity index (χ3v) is 4.90. The van der Waals surface area contributed by atoms with Crippen LogP contribution < -0.4 is 0 Å². The molecular formula is C20H34O6. The minimum absolute atomic E-state index is 0.222. The van der Waals surface area contributed by atoms with Crippen molar-refractivity contribution < 1.29 is 28.6 Å². The maximum Gasteiger partial charge on any atom is 0.302 e. The van der Waals surface area contributed by atoms with Crippen LogP contribution in [0.15, 0.2) is 0 Å². The molecule has 0 aromatic rings. The Hall–Kier alpha value is -1.59. The summed E-state index contributed by atoms with van der Waals surface area (Å²) in [6, 6.07) is 0. The highest BCUT2D eigenvalue weighted by Crippen LogP contribution is 2.38. The molecular weight excluding hydrogens is 336 g/mol. The molecule has 1 aliphatic carbocycles. The van der Waals surface area contributed by atoms with E-state index in [0.717, 1.165) is 44.9 Å². The van der Waals surface area contributed by atoms with Crippen molar-refractivity contribution in [1.29, 1.82) is 0 Å². The van der Waals surface area contributed by atoms with Crippen LogP contribution in [0.5, 0.6) is 0 Å².